The van der Waals surface area contributed by atoms with Crippen LogP contribution < -0.4 is 10.6 Å². The molecule has 10 heavy (non-hydrogen) atoms. The lowest BCUT2D eigenvalue weighted by atomic mass is 9.99. The highest BCUT2D eigenvalue weighted by Crippen LogP contribution is 2.05. The first-order valence-corrected chi connectivity index (χ1v) is 4.08. The van der Waals surface area contributed by atoms with E-state index in [0.717, 1.165) is 19.5 Å². The molecule has 0 aromatic carbocycles. The van der Waals surface area contributed by atoms with E-state index in [1.807, 2.05) is 7.05 Å². The maximum absolute atomic E-state index is 3.33. The molecule has 0 aromatic heterocycles. The van der Waals surface area contributed by atoms with Crippen molar-refractivity contribution < 1.29 is 0 Å². The van der Waals surface area contributed by atoms with Gasteiger partial charge in [0.1, 0.15) is 0 Å². The molecule has 2 nitrogen and oxygen atoms in total. The van der Waals surface area contributed by atoms with Crippen molar-refractivity contribution in [3.63, 3.8) is 0 Å². The third-order valence-corrected chi connectivity index (χ3v) is 2.15. The molecule has 0 rings (SSSR count). The van der Waals surface area contributed by atoms with E-state index in [-0.39, 0.29) is 5.54 Å². The van der Waals surface area contributed by atoms with E-state index in [0.29, 0.717) is 0 Å². The van der Waals surface area contributed by atoms with Gasteiger partial charge in [-0.25, -0.2) is 0 Å². The molecule has 2 N–H and O–H groups in total. The van der Waals surface area contributed by atoms with Crippen molar-refractivity contribution in [1.82, 2.24) is 10.6 Å². The number of hydrogen-bond donors (Lipinski definition) is 2. The van der Waals surface area contributed by atoms with Gasteiger partial charge in [-0.15, -0.1) is 0 Å². The molecule has 0 aliphatic rings. The molecule has 0 unspecified atom stereocenters. The van der Waals surface area contributed by atoms with Crippen molar-refractivity contribution in [2.24, 2.45) is 0 Å². The fourth-order valence-corrected chi connectivity index (χ4v) is 0.791. The first-order valence-electron chi connectivity index (χ1n) is 4.08. The summed E-state index contributed by atoms with van der Waals surface area (Å²) in [4.78, 5) is 0. The minimum atomic E-state index is 0.274. The average molecular weight is 144 g/mol. The Morgan fingerprint density at radius 3 is 2.20 bits per heavy atom. The summed E-state index contributed by atoms with van der Waals surface area (Å²) in [5, 5.41) is 6.63. The monoisotopic (exact) mass is 144 g/mol. The van der Waals surface area contributed by atoms with Crippen LogP contribution in [0.3, 0.4) is 0 Å². The zero-order valence-electron chi connectivity index (χ0n) is 7.62. The summed E-state index contributed by atoms with van der Waals surface area (Å²) in [5.41, 5.74) is 0.274. The second-order valence-corrected chi connectivity index (χ2v) is 2.94. The van der Waals surface area contributed by atoms with Crippen LogP contribution in [0.15, 0.2) is 0 Å². The Hall–Kier alpha value is -0.0800. The highest BCUT2D eigenvalue weighted by atomic mass is 15.0. The summed E-state index contributed by atoms with van der Waals surface area (Å²) in [6.07, 6.45) is 1.16. The van der Waals surface area contributed by atoms with Crippen molar-refractivity contribution in [3.05, 3.63) is 0 Å². The normalized spacial score (nSPS) is 16.8. The molecular weight excluding hydrogens is 124 g/mol. The van der Waals surface area contributed by atoms with Crippen molar-refractivity contribution >= 4 is 0 Å². The van der Waals surface area contributed by atoms with Crippen molar-refractivity contribution in [2.45, 2.75) is 32.7 Å². The van der Waals surface area contributed by atoms with Gasteiger partial charge in [0.25, 0.3) is 0 Å². The molecule has 0 saturated heterocycles. The lowest BCUT2D eigenvalue weighted by molar-refractivity contribution is 0.352. The molecule has 0 fully saturated rings. The summed E-state index contributed by atoms with van der Waals surface area (Å²) in [6.45, 7) is 8.67. The third kappa shape index (κ3) is 3.18. The van der Waals surface area contributed by atoms with E-state index in [2.05, 4.69) is 31.4 Å². The van der Waals surface area contributed by atoms with Gasteiger partial charge < -0.3 is 10.6 Å². The van der Waals surface area contributed by atoms with Crippen LogP contribution in [0.5, 0.6) is 0 Å². The van der Waals surface area contributed by atoms with Crippen LogP contribution in [-0.2, 0) is 0 Å². The first-order chi connectivity index (χ1) is 4.68. The van der Waals surface area contributed by atoms with Gasteiger partial charge >= 0.3 is 0 Å². The Bertz CT molecular complexity index is 77.3. The molecule has 2 heteroatoms. The van der Waals surface area contributed by atoms with Crippen LogP contribution in [0, 0.1) is 0 Å². The molecule has 0 aliphatic carbocycles. The second-order valence-electron chi connectivity index (χ2n) is 2.94. The molecule has 0 aromatic rings. The van der Waals surface area contributed by atoms with E-state index < -0.39 is 0 Å². The predicted molar refractivity (Wildman–Crippen MR) is 46.3 cm³/mol. The molecule has 0 radical (unpaired) electrons. The summed E-state index contributed by atoms with van der Waals surface area (Å²) in [6, 6.07) is 0. The topological polar surface area (TPSA) is 24.1 Å². The number of nitrogens with one attached hydrogen (secondary N) is 2. The molecule has 0 saturated carbocycles. The Labute approximate surface area is 64.4 Å². The summed E-state index contributed by atoms with van der Waals surface area (Å²) in [7, 11) is 2.01. The van der Waals surface area contributed by atoms with Crippen LogP contribution in [-0.4, -0.2) is 25.7 Å². The lowest BCUT2D eigenvalue weighted by Crippen LogP contribution is -2.47. The zero-order chi connectivity index (χ0) is 8.04. The van der Waals surface area contributed by atoms with E-state index in [1.54, 1.807) is 0 Å². The van der Waals surface area contributed by atoms with Crippen molar-refractivity contribution in [1.29, 1.82) is 0 Å². The van der Waals surface area contributed by atoms with Crippen LogP contribution in [0.2, 0.25) is 0 Å². The highest BCUT2D eigenvalue weighted by Gasteiger charge is 2.17. The van der Waals surface area contributed by atoms with Gasteiger partial charge in [0.05, 0.1) is 0 Å². The Balaban J connectivity index is 3.58. The highest BCUT2D eigenvalue weighted by molar-refractivity contribution is 4.81. The van der Waals surface area contributed by atoms with Crippen LogP contribution in [0.25, 0.3) is 0 Å². The Morgan fingerprint density at radius 1 is 1.30 bits per heavy atom. The van der Waals surface area contributed by atoms with E-state index in [4.69, 9.17) is 0 Å². The Morgan fingerprint density at radius 2 is 1.90 bits per heavy atom. The SMILES string of the molecule is CCNC[C@@](C)(CC)NC. The number of rotatable bonds is 5. The van der Waals surface area contributed by atoms with Crippen molar-refractivity contribution in [3.8, 4) is 0 Å². The fourth-order valence-electron chi connectivity index (χ4n) is 0.791. The molecular formula is C8H20N2. The molecule has 0 bridgehead atoms. The third-order valence-electron chi connectivity index (χ3n) is 2.15. The Kier molecular flexibility index (Phi) is 4.65. The maximum Gasteiger partial charge on any atom is 0.0272 e. The second kappa shape index (κ2) is 4.69. The van der Waals surface area contributed by atoms with Crippen molar-refractivity contribution in [2.75, 3.05) is 20.1 Å². The van der Waals surface area contributed by atoms with E-state index in [9.17, 15) is 0 Å². The molecule has 0 amide bonds. The fraction of sp³-hybridized carbons (Fsp3) is 1.00. The van der Waals surface area contributed by atoms with E-state index >= 15 is 0 Å². The molecule has 0 spiro atoms. The minimum Gasteiger partial charge on any atom is -0.315 e. The predicted octanol–water partition coefficient (Wildman–Crippen LogP) is 0.984. The van der Waals surface area contributed by atoms with E-state index in [1.165, 1.54) is 0 Å². The number of likely N-dealkylation sites (N-methyl/N-ethyl adjacent to an activating group) is 2. The summed E-state index contributed by atoms with van der Waals surface area (Å²) >= 11 is 0. The van der Waals surface area contributed by atoms with Gasteiger partial charge in [-0.3, -0.25) is 0 Å². The van der Waals surface area contributed by atoms with Gasteiger partial charge in [-0.05, 0) is 26.9 Å². The van der Waals surface area contributed by atoms with Crippen LogP contribution >= 0.6 is 0 Å². The zero-order valence-corrected chi connectivity index (χ0v) is 7.62. The van der Waals surface area contributed by atoms with Crippen LogP contribution in [0.4, 0.5) is 0 Å². The molecule has 0 heterocycles. The lowest BCUT2D eigenvalue weighted by Gasteiger charge is -2.27. The van der Waals surface area contributed by atoms with Gasteiger partial charge in [0.15, 0.2) is 0 Å². The summed E-state index contributed by atoms with van der Waals surface area (Å²) < 4.78 is 0. The molecule has 0 aliphatic heterocycles. The minimum absolute atomic E-state index is 0.274. The van der Waals surface area contributed by atoms with Gasteiger partial charge in [-0.1, -0.05) is 13.8 Å². The standard InChI is InChI=1S/C8H20N2/c1-5-8(3,9-4)7-10-6-2/h9-10H,5-7H2,1-4H3/t8-/m1/s1. The van der Waals surface area contributed by atoms with Gasteiger partial charge in [-0.2, -0.15) is 0 Å². The van der Waals surface area contributed by atoms with Gasteiger partial charge in [0, 0.05) is 12.1 Å². The average Bonchev–Trinajstić information content (AvgIpc) is 2.00. The first kappa shape index (κ1) is 9.92. The molecule has 62 valence electrons. The number of hydrogen-bond acceptors (Lipinski definition) is 2. The van der Waals surface area contributed by atoms with Crippen LogP contribution in [0.1, 0.15) is 27.2 Å². The van der Waals surface area contributed by atoms with Gasteiger partial charge in [0.2, 0.25) is 0 Å². The largest absolute Gasteiger partial charge is 0.315 e. The smallest absolute Gasteiger partial charge is 0.0272 e. The molecule has 1 atom stereocenters. The maximum atomic E-state index is 3.33. The summed E-state index contributed by atoms with van der Waals surface area (Å²) in [5.74, 6) is 0. The quantitative estimate of drug-likeness (QED) is 0.601.